The Kier molecular flexibility index (Phi) is 7.01. The normalized spacial score (nSPS) is 32.3. The molecule has 4 unspecified atom stereocenters. The summed E-state index contributed by atoms with van der Waals surface area (Å²) in [6.07, 6.45) is 12.8. The maximum Gasteiger partial charge on any atom is 0.00990 e. The first-order chi connectivity index (χ1) is 10.2. The third-order valence-electron chi connectivity index (χ3n) is 6.30. The summed E-state index contributed by atoms with van der Waals surface area (Å²) in [6.45, 7) is 8.13. The van der Waals surface area contributed by atoms with Crippen molar-refractivity contribution >= 4 is 0 Å². The van der Waals surface area contributed by atoms with Gasteiger partial charge in [-0.3, -0.25) is 0 Å². The lowest BCUT2D eigenvalue weighted by Crippen LogP contribution is -2.47. The summed E-state index contributed by atoms with van der Waals surface area (Å²) in [4.78, 5) is 2.67. The van der Waals surface area contributed by atoms with Crippen LogP contribution >= 0.6 is 0 Å². The molecule has 124 valence electrons. The van der Waals surface area contributed by atoms with Crippen LogP contribution in [0, 0.1) is 11.8 Å². The highest BCUT2D eigenvalue weighted by molar-refractivity contribution is 4.97. The minimum absolute atomic E-state index is 0.772. The van der Waals surface area contributed by atoms with Crippen LogP contribution in [0.2, 0.25) is 0 Å². The largest absolute Gasteiger partial charge is 0.314 e. The minimum atomic E-state index is 0.772. The Balaban J connectivity index is 1.92. The molecule has 2 heterocycles. The molecule has 0 aromatic rings. The van der Waals surface area contributed by atoms with Gasteiger partial charge in [0.15, 0.2) is 0 Å². The van der Waals surface area contributed by atoms with Gasteiger partial charge in [0, 0.05) is 18.1 Å². The number of nitrogens with one attached hydrogen (secondary N) is 1. The molecule has 2 heteroatoms. The second-order valence-electron chi connectivity index (χ2n) is 7.60. The van der Waals surface area contributed by atoms with Crippen molar-refractivity contribution in [1.29, 1.82) is 0 Å². The van der Waals surface area contributed by atoms with E-state index in [2.05, 4.69) is 38.0 Å². The zero-order chi connectivity index (χ0) is 15.2. The molecule has 0 spiro atoms. The molecule has 0 radical (unpaired) electrons. The molecule has 2 aliphatic rings. The van der Waals surface area contributed by atoms with Crippen molar-refractivity contribution in [2.24, 2.45) is 11.8 Å². The lowest BCUT2D eigenvalue weighted by molar-refractivity contribution is 0.104. The SMILES string of the molecule is CCCCC(CC)CC(NCC)C1CC2CCC(C1)N2C. The van der Waals surface area contributed by atoms with Gasteiger partial charge < -0.3 is 10.2 Å². The van der Waals surface area contributed by atoms with E-state index >= 15 is 0 Å². The van der Waals surface area contributed by atoms with Crippen molar-refractivity contribution in [3.05, 3.63) is 0 Å². The summed E-state index contributed by atoms with van der Waals surface area (Å²) in [5, 5.41) is 3.86. The summed E-state index contributed by atoms with van der Waals surface area (Å²) in [5.41, 5.74) is 0. The third-order valence-corrected chi connectivity index (χ3v) is 6.30. The number of unbranched alkanes of at least 4 members (excludes halogenated alkanes) is 1. The van der Waals surface area contributed by atoms with Gasteiger partial charge >= 0.3 is 0 Å². The summed E-state index contributed by atoms with van der Waals surface area (Å²) >= 11 is 0. The average molecular weight is 295 g/mol. The molecule has 1 N–H and O–H groups in total. The van der Waals surface area contributed by atoms with Gasteiger partial charge in [-0.2, -0.15) is 0 Å². The van der Waals surface area contributed by atoms with Gasteiger partial charge in [0.1, 0.15) is 0 Å². The van der Waals surface area contributed by atoms with Gasteiger partial charge in [0.2, 0.25) is 0 Å². The first-order valence-electron chi connectivity index (χ1n) is 9.64. The van der Waals surface area contributed by atoms with Gasteiger partial charge in [-0.1, -0.05) is 46.5 Å². The Hall–Kier alpha value is -0.0800. The van der Waals surface area contributed by atoms with E-state index in [1.165, 1.54) is 57.8 Å². The summed E-state index contributed by atoms with van der Waals surface area (Å²) in [5.74, 6) is 1.86. The van der Waals surface area contributed by atoms with Crippen molar-refractivity contribution < 1.29 is 0 Å². The van der Waals surface area contributed by atoms with Crippen LogP contribution in [0.25, 0.3) is 0 Å². The molecule has 0 aliphatic carbocycles. The predicted molar refractivity (Wildman–Crippen MR) is 92.7 cm³/mol. The summed E-state index contributed by atoms with van der Waals surface area (Å²) in [6, 6.07) is 2.53. The lowest BCUT2D eigenvalue weighted by atomic mass is 9.79. The molecule has 21 heavy (non-hydrogen) atoms. The second-order valence-corrected chi connectivity index (χ2v) is 7.60. The second kappa shape index (κ2) is 8.53. The van der Waals surface area contributed by atoms with Crippen LogP contribution < -0.4 is 5.32 Å². The van der Waals surface area contributed by atoms with Crippen LogP contribution in [-0.4, -0.2) is 36.6 Å². The molecule has 2 saturated heterocycles. The maximum absolute atomic E-state index is 3.86. The van der Waals surface area contributed by atoms with E-state index < -0.39 is 0 Å². The van der Waals surface area contributed by atoms with E-state index in [0.29, 0.717) is 0 Å². The van der Waals surface area contributed by atoms with Crippen LogP contribution in [0.5, 0.6) is 0 Å². The van der Waals surface area contributed by atoms with Crippen molar-refractivity contribution in [2.75, 3.05) is 13.6 Å². The van der Waals surface area contributed by atoms with Crippen LogP contribution in [0.15, 0.2) is 0 Å². The highest BCUT2D eigenvalue weighted by Crippen LogP contribution is 2.40. The van der Waals surface area contributed by atoms with Gasteiger partial charge in [-0.05, 0) is 57.5 Å². The van der Waals surface area contributed by atoms with E-state index in [4.69, 9.17) is 0 Å². The Bertz CT molecular complexity index is 277. The van der Waals surface area contributed by atoms with Crippen molar-refractivity contribution in [2.45, 2.75) is 96.7 Å². The van der Waals surface area contributed by atoms with Crippen molar-refractivity contribution in [3.63, 3.8) is 0 Å². The van der Waals surface area contributed by atoms with Crippen LogP contribution in [0.1, 0.15) is 78.6 Å². The van der Waals surface area contributed by atoms with Crippen molar-refractivity contribution in [1.82, 2.24) is 10.2 Å². The van der Waals surface area contributed by atoms with Crippen molar-refractivity contribution in [3.8, 4) is 0 Å². The number of rotatable bonds is 9. The minimum Gasteiger partial charge on any atom is -0.314 e. The number of nitrogens with zero attached hydrogens (tertiary/aromatic N) is 1. The van der Waals surface area contributed by atoms with E-state index in [-0.39, 0.29) is 0 Å². The number of piperidine rings is 1. The number of fused-ring (bicyclic) bond motifs is 2. The Morgan fingerprint density at radius 1 is 1.10 bits per heavy atom. The molecule has 2 aliphatic heterocycles. The molecule has 2 fully saturated rings. The molecule has 0 saturated carbocycles. The molecular weight excluding hydrogens is 256 g/mol. The molecule has 2 bridgehead atoms. The molecule has 4 atom stereocenters. The topological polar surface area (TPSA) is 15.3 Å². The van der Waals surface area contributed by atoms with Crippen LogP contribution in [0.3, 0.4) is 0 Å². The van der Waals surface area contributed by atoms with Crippen LogP contribution in [0.4, 0.5) is 0 Å². The fraction of sp³-hybridized carbons (Fsp3) is 1.00. The molecule has 0 amide bonds. The summed E-state index contributed by atoms with van der Waals surface area (Å²) < 4.78 is 0. The van der Waals surface area contributed by atoms with E-state index in [1.807, 2.05) is 0 Å². The Labute approximate surface area is 133 Å². The first kappa shape index (κ1) is 17.3. The van der Waals surface area contributed by atoms with E-state index in [0.717, 1.165) is 36.5 Å². The Morgan fingerprint density at radius 3 is 2.29 bits per heavy atom. The molecular formula is C19H38N2. The first-order valence-corrected chi connectivity index (χ1v) is 9.64. The Morgan fingerprint density at radius 2 is 1.76 bits per heavy atom. The third kappa shape index (κ3) is 4.45. The smallest absolute Gasteiger partial charge is 0.00990 e. The standard InChI is InChI=1S/C19H38N2/c1-5-8-9-15(6-2)12-19(20-7-3)16-13-17-10-11-18(14-16)21(17)4/h15-20H,5-14H2,1-4H3. The molecule has 0 aromatic heterocycles. The van der Waals surface area contributed by atoms with E-state index in [9.17, 15) is 0 Å². The van der Waals surface area contributed by atoms with E-state index in [1.54, 1.807) is 0 Å². The van der Waals surface area contributed by atoms with Crippen LogP contribution in [-0.2, 0) is 0 Å². The quantitative estimate of drug-likeness (QED) is 0.676. The number of hydrogen-bond donors (Lipinski definition) is 1. The summed E-state index contributed by atoms with van der Waals surface area (Å²) in [7, 11) is 2.36. The highest BCUT2D eigenvalue weighted by Gasteiger charge is 2.40. The fourth-order valence-electron chi connectivity index (χ4n) is 4.83. The lowest BCUT2D eigenvalue weighted by Gasteiger charge is -2.41. The molecule has 0 aromatic carbocycles. The van der Waals surface area contributed by atoms with Gasteiger partial charge in [0.25, 0.3) is 0 Å². The monoisotopic (exact) mass is 294 g/mol. The highest BCUT2D eigenvalue weighted by atomic mass is 15.2. The van der Waals surface area contributed by atoms with Gasteiger partial charge in [-0.15, -0.1) is 0 Å². The average Bonchev–Trinajstić information content (AvgIpc) is 2.71. The number of hydrogen-bond acceptors (Lipinski definition) is 2. The fourth-order valence-corrected chi connectivity index (χ4v) is 4.83. The zero-order valence-electron chi connectivity index (χ0n) is 14.9. The van der Waals surface area contributed by atoms with Gasteiger partial charge in [-0.25, -0.2) is 0 Å². The maximum atomic E-state index is 3.86. The molecule has 2 rings (SSSR count). The van der Waals surface area contributed by atoms with Gasteiger partial charge in [0.05, 0.1) is 0 Å². The zero-order valence-corrected chi connectivity index (χ0v) is 14.9. The molecule has 2 nitrogen and oxygen atoms in total. The predicted octanol–water partition coefficient (Wildman–Crippen LogP) is 4.44.